The number of benzene rings is 1. The first-order chi connectivity index (χ1) is 16.2. The van der Waals surface area contributed by atoms with Gasteiger partial charge in [0.05, 0.1) is 16.7 Å². The lowest BCUT2D eigenvalue weighted by molar-refractivity contribution is -0.0155. The lowest BCUT2D eigenvalue weighted by Gasteiger charge is -2.47. The van der Waals surface area contributed by atoms with E-state index in [-0.39, 0.29) is 18.0 Å². The number of hydrogen-bond donors (Lipinski definition) is 3. The summed E-state index contributed by atoms with van der Waals surface area (Å²) in [6, 6.07) is 8.66. The number of likely N-dealkylation sites (tertiary alicyclic amines) is 1. The second-order valence-electron chi connectivity index (χ2n) is 8.87. The van der Waals surface area contributed by atoms with Crippen LogP contribution in [0.1, 0.15) is 54.0 Å². The van der Waals surface area contributed by atoms with Crippen molar-refractivity contribution in [1.29, 1.82) is 5.26 Å². The van der Waals surface area contributed by atoms with Gasteiger partial charge in [0.25, 0.3) is 5.91 Å². The Balaban J connectivity index is 1.47. The third-order valence-corrected chi connectivity index (χ3v) is 6.52. The normalized spacial score (nSPS) is 23.4. The predicted molar refractivity (Wildman–Crippen MR) is 126 cm³/mol. The van der Waals surface area contributed by atoms with Crippen molar-refractivity contribution >= 4 is 29.3 Å². The Hall–Kier alpha value is -3.42. The first-order valence-electron chi connectivity index (χ1n) is 11.0. The highest BCUT2D eigenvalue weighted by Gasteiger charge is 2.48. The van der Waals surface area contributed by atoms with Gasteiger partial charge in [-0.05, 0) is 39.0 Å². The molecule has 0 saturated carbocycles. The average molecular weight is 484 g/mol. The highest BCUT2D eigenvalue weighted by Crippen LogP contribution is 2.37. The number of hydrazone groups is 1. The molecule has 178 valence electrons. The number of nitriles is 1. The van der Waals surface area contributed by atoms with Gasteiger partial charge in [-0.25, -0.2) is 10.2 Å². The summed E-state index contributed by atoms with van der Waals surface area (Å²) in [4.78, 5) is 26.8. The molecule has 2 amide bonds. The van der Waals surface area contributed by atoms with Crippen LogP contribution in [0.2, 0.25) is 5.02 Å². The number of aryl methyl sites for hydroxylation is 1. The maximum atomic E-state index is 12.4. The topological polar surface area (TPSA) is 136 Å². The molecule has 1 saturated heterocycles. The van der Waals surface area contributed by atoms with Crippen molar-refractivity contribution in [2.75, 3.05) is 13.1 Å². The molecule has 1 aromatic heterocycles. The van der Waals surface area contributed by atoms with E-state index in [4.69, 9.17) is 21.6 Å². The molecule has 2 aliphatic heterocycles. The monoisotopic (exact) mass is 483 g/mol. The van der Waals surface area contributed by atoms with Crippen LogP contribution >= 0.6 is 11.6 Å². The van der Waals surface area contributed by atoms with Crippen LogP contribution in [0.15, 0.2) is 29.4 Å². The summed E-state index contributed by atoms with van der Waals surface area (Å²) in [5.41, 5.74) is 4.24. The smallest absolute Gasteiger partial charge is 0.428 e. The van der Waals surface area contributed by atoms with Crippen molar-refractivity contribution in [3.8, 4) is 6.07 Å². The molecule has 2 aromatic rings. The standard InChI is InChI=1S/C23H26ClN7O3/c1-13-8-19(28-27-13)21(32)26-14(2)12-31-7-6-23(10-15(31)3)20(29-30-22(33)34-23)17-5-4-16(11-25)9-18(17)24/h4-5,8-9,14-15H,6-7,10,12H2,1-3H3,(H,26,32)(H,27,28)(H,30,33)/t14-,15-,23+/m0/s1. The third-order valence-electron chi connectivity index (χ3n) is 6.21. The number of rotatable bonds is 5. The van der Waals surface area contributed by atoms with E-state index >= 15 is 0 Å². The Kier molecular flexibility index (Phi) is 6.59. The van der Waals surface area contributed by atoms with E-state index in [9.17, 15) is 9.59 Å². The van der Waals surface area contributed by atoms with E-state index in [2.05, 4.69) is 43.9 Å². The molecule has 1 fully saturated rings. The van der Waals surface area contributed by atoms with Crippen molar-refractivity contribution in [2.24, 2.45) is 5.10 Å². The molecule has 34 heavy (non-hydrogen) atoms. The van der Waals surface area contributed by atoms with E-state index in [1.165, 1.54) is 0 Å². The fourth-order valence-electron chi connectivity index (χ4n) is 4.60. The fourth-order valence-corrected chi connectivity index (χ4v) is 4.87. The summed E-state index contributed by atoms with van der Waals surface area (Å²) in [5, 5.41) is 23.6. The zero-order valence-electron chi connectivity index (χ0n) is 19.2. The van der Waals surface area contributed by atoms with E-state index in [0.717, 1.165) is 5.69 Å². The lowest BCUT2D eigenvalue weighted by atomic mass is 9.79. The number of piperidine rings is 1. The van der Waals surface area contributed by atoms with Gasteiger partial charge in [0, 0.05) is 49.3 Å². The molecule has 3 atom stereocenters. The van der Waals surface area contributed by atoms with Crippen molar-refractivity contribution in [1.82, 2.24) is 25.8 Å². The summed E-state index contributed by atoms with van der Waals surface area (Å²) >= 11 is 6.46. The minimum atomic E-state index is -0.935. The van der Waals surface area contributed by atoms with Crippen LogP contribution in [-0.2, 0) is 4.74 Å². The van der Waals surface area contributed by atoms with Gasteiger partial charge in [-0.15, -0.1) is 0 Å². The van der Waals surface area contributed by atoms with Crippen LogP contribution in [-0.4, -0.2) is 63.6 Å². The van der Waals surface area contributed by atoms with Gasteiger partial charge in [-0.3, -0.25) is 14.8 Å². The Morgan fingerprint density at radius 2 is 2.26 bits per heavy atom. The summed E-state index contributed by atoms with van der Waals surface area (Å²) in [7, 11) is 0. The van der Waals surface area contributed by atoms with Crippen molar-refractivity contribution < 1.29 is 14.3 Å². The second-order valence-corrected chi connectivity index (χ2v) is 9.28. The average Bonchev–Trinajstić information content (AvgIpc) is 3.23. The Morgan fingerprint density at radius 1 is 1.47 bits per heavy atom. The van der Waals surface area contributed by atoms with Crippen LogP contribution in [0.3, 0.4) is 0 Å². The molecule has 0 bridgehead atoms. The summed E-state index contributed by atoms with van der Waals surface area (Å²) in [6.45, 7) is 7.10. The van der Waals surface area contributed by atoms with Gasteiger partial charge in [0.1, 0.15) is 11.4 Å². The fraction of sp³-hybridized carbons (Fsp3) is 0.435. The number of nitrogens with one attached hydrogen (secondary N) is 3. The SMILES string of the molecule is Cc1cc(C(=O)N[C@@H](C)CN2CC[C@]3(C[C@@H]2C)OC(=O)NN=C3c2ccc(C#N)cc2Cl)n[nH]1. The largest absolute Gasteiger partial charge is 0.435 e. The number of aromatic nitrogens is 2. The van der Waals surface area contributed by atoms with Crippen LogP contribution in [0, 0.1) is 18.3 Å². The van der Waals surface area contributed by atoms with Crippen LogP contribution in [0.5, 0.6) is 0 Å². The third kappa shape index (κ3) is 4.76. The zero-order chi connectivity index (χ0) is 24.5. The number of carbonyl (C=O) groups excluding carboxylic acids is 2. The molecule has 1 spiro atoms. The van der Waals surface area contributed by atoms with Crippen molar-refractivity contribution in [3.63, 3.8) is 0 Å². The van der Waals surface area contributed by atoms with Crippen molar-refractivity contribution in [2.45, 2.75) is 51.3 Å². The molecular weight excluding hydrogens is 458 g/mol. The second kappa shape index (κ2) is 9.44. The van der Waals surface area contributed by atoms with Gasteiger partial charge < -0.3 is 10.1 Å². The van der Waals surface area contributed by atoms with E-state index < -0.39 is 11.7 Å². The van der Waals surface area contributed by atoms with Crippen LogP contribution in [0.25, 0.3) is 0 Å². The quantitative estimate of drug-likeness (QED) is 0.598. The number of carbonyl (C=O) groups is 2. The molecule has 3 N–H and O–H groups in total. The number of H-pyrrole nitrogens is 1. The number of nitrogens with zero attached hydrogens (tertiary/aromatic N) is 4. The van der Waals surface area contributed by atoms with Gasteiger partial charge in [-0.2, -0.15) is 15.5 Å². The summed E-state index contributed by atoms with van der Waals surface area (Å²) < 4.78 is 5.83. The zero-order valence-corrected chi connectivity index (χ0v) is 19.9. The molecule has 0 radical (unpaired) electrons. The molecule has 4 rings (SSSR count). The van der Waals surface area contributed by atoms with E-state index in [1.807, 2.05) is 13.8 Å². The summed E-state index contributed by atoms with van der Waals surface area (Å²) in [6.07, 6.45) is 0.414. The first-order valence-corrected chi connectivity index (χ1v) is 11.4. The van der Waals surface area contributed by atoms with E-state index in [1.54, 1.807) is 24.3 Å². The van der Waals surface area contributed by atoms with Gasteiger partial charge >= 0.3 is 6.09 Å². The molecule has 11 heteroatoms. The van der Waals surface area contributed by atoms with Crippen LogP contribution < -0.4 is 10.7 Å². The highest BCUT2D eigenvalue weighted by atomic mass is 35.5. The van der Waals surface area contributed by atoms with Crippen molar-refractivity contribution in [3.05, 3.63) is 51.8 Å². The minimum Gasteiger partial charge on any atom is -0.435 e. The maximum absolute atomic E-state index is 12.4. The maximum Gasteiger partial charge on any atom is 0.428 e. The number of ether oxygens (including phenoxy) is 1. The molecule has 3 heterocycles. The predicted octanol–water partition coefficient (Wildman–Crippen LogP) is 2.73. The number of halogens is 1. The number of aromatic amines is 1. The Labute approximate surface area is 202 Å². The number of hydrogen-bond acceptors (Lipinski definition) is 7. The molecule has 10 nitrogen and oxygen atoms in total. The van der Waals surface area contributed by atoms with E-state index in [0.29, 0.717) is 53.5 Å². The molecule has 0 aliphatic carbocycles. The minimum absolute atomic E-state index is 0.0361. The molecule has 0 unspecified atom stereocenters. The van der Waals surface area contributed by atoms with Gasteiger partial charge in [0.15, 0.2) is 5.60 Å². The Morgan fingerprint density at radius 3 is 2.91 bits per heavy atom. The van der Waals surface area contributed by atoms with Gasteiger partial charge in [0.2, 0.25) is 0 Å². The van der Waals surface area contributed by atoms with Crippen LogP contribution in [0.4, 0.5) is 4.79 Å². The highest BCUT2D eigenvalue weighted by molar-refractivity contribution is 6.35. The molecule has 2 aliphatic rings. The first kappa shape index (κ1) is 23.7. The van der Waals surface area contributed by atoms with Gasteiger partial charge in [-0.1, -0.05) is 17.7 Å². The lowest BCUT2D eigenvalue weighted by Crippen LogP contribution is -2.60. The Bertz CT molecular complexity index is 1190. The summed E-state index contributed by atoms with van der Waals surface area (Å²) in [5.74, 6) is -0.227. The number of amides is 2. The molecule has 1 aromatic carbocycles. The molecular formula is C23H26ClN7O3.